The highest BCUT2D eigenvalue weighted by molar-refractivity contribution is 9.10. The maximum atomic E-state index is 13.1. The summed E-state index contributed by atoms with van der Waals surface area (Å²) in [5.74, 6) is 0.0480. The van der Waals surface area contributed by atoms with Gasteiger partial charge in [0, 0.05) is 24.5 Å². The minimum Gasteiger partial charge on any atom is -0.458 e. The number of nitrogens with zero attached hydrogens (tertiary/aromatic N) is 3. The van der Waals surface area contributed by atoms with Crippen LogP contribution in [0.15, 0.2) is 59.3 Å². The molecule has 26 heavy (non-hydrogen) atoms. The van der Waals surface area contributed by atoms with Gasteiger partial charge in [-0.1, -0.05) is 36.4 Å². The minimum absolute atomic E-state index is 0.0480. The van der Waals surface area contributed by atoms with E-state index in [0.29, 0.717) is 12.6 Å². The van der Waals surface area contributed by atoms with E-state index in [2.05, 4.69) is 25.9 Å². The number of aromatic nitrogens is 2. The van der Waals surface area contributed by atoms with Crippen molar-refractivity contribution in [3.05, 3.63) is 64.9 Å². The van der Waals surface area contributed by atoms with Crippen LogP contribution in [0.1, 0.15) is 23.2 Å². The second kappa shape index (κ2) is 7.41. The van der Waals surface area contributed by atoms with E-state index in [1.54, 1.807) is 12.4 Å². The van der Waals surface area contributed by atoms with Crippen molar-refractivity contribution in [2.24, 2.45) is 0 Å². The van der Waals surface area contributed by atoms with Gasteiger partial charge in [-0.25, -0.2) is 9.97 Å². The molecule has 5 nitrogen and oxygen atoms in total. The topological polar surface area (TPSA) is 55.3 Å². The van der Waals surface area contributed by atoms with Gasteiger partial charge in [0.05, 0.1) is 11.0 Å². The molecule has 1 aromatic heterocycles. The lowest BCUT2D eigenvalue weighted by Crippen LogP contribution is -2.44. The monoisotopic (exact) mass is 411 g/mol. The highest BCUT2D eigenvalue weighted by Crippen LogP contribution is 2.23. The van der Waals surface area contributed by atoms with Crippen LogP contribution in [0.4, 0.5) is 0 Å². The lowest BCUT2D eigenvalue weighted by molar-refractivity contribution is 0.0517. The van der Waals surface area contributed by atoms with E-state index in [9.17, 15) is 4.79 Å². The van der Waals surface area contributed by atoms with Gasteiger partial charge < -0.3 is 9.64 Å². The third kappa shape index (κ3) is 3.55. The normalized spacial score (nSPS) is 17.3. The first-order valence-corrected chi connectivity index (χ1v) is 9.41. The molecule has 1 saturated heterocycles. The Bertz CT molecular complexity index is 924. The van der Waals surface area contributed by atoms with Crippen molar-refractivity contribution in [3.8, 4) is 6.01 Å². The summed E-state index contributed by atoms with van der Waals surface area (Å²) < 4.78 is 6.68. The molecular weight excluding hydrogens is 394 g/mol. The van der Waals surface area contributed by atoms with E-state index in [1.807, 2.05) is 47.4 Å². The fraction of sp³-hybridized carbons (Fsp3) is 0.250. The number of carbonyl (C=O) groups is 1. The van der Waals surface area contributed by atoms with Gasteiger partial charge >= 0.3 is 6.01 Å². The Kier molecular flexibility index (Phi) is 4.84. The Morgan fingerprint density at radius 1 is 1.12 bits per heavy atom. The Hall–Kier alpha value is -2.47. The molecule has 1 amide bonds. The lowest BCUT2D eigenvalue weighted by atomic mass is 10.0. The number of carbonyl (C=O) groups excluding carboxylic acids is 1. The number of amides is 1. The molecule has 2 aromatic carbocycles. The molecule has 0 bridgehead atoms. The smallest absolute Gasteiger partial charge is 0.316 e. The zero-order chi connectivity index (χ0) is 17.9. The van der Waals surface area contributed by atoms with Crippen molar-refractivity contribution >= 4 is 32.6 Å². The number of halogens is 1. The standard InChI is InChI=1S/C20H18BrN3O2/c21-15-11-22-20(23-12-15)26-16-7-4-10-24(13-16)19(25)18-9-3-6-14-5-1-2-8-17(14)18/h1-3,5-6,8-9,11-12,16H,4,7,10,13H2. The summed E-state index contributed by atoms with van der Waals surface area (Å²) in [6.45, 7) is 1.28. The Morgan fingerprint density at radius 2 is 1.88 bits per heavy atom. The molecule has 0 spiro atoms. The van der Waals surface area contributed by atoms with E-state index in [1.165, 1.54) is 0 Å². The molecule has 1 aliphatic heterocycles. The number of ether oxygens (including phenoxy) is 1. The number of benzene rings is 2. The van der Waals surface area contributed by atoms with Crippen LogP contribution in [0.25, 0.3) is 10.8 Å². The number of likely N-dealkylation sites (tertiary alicyclic amines) is 1. The maximum Gasteiger partial charge on any atom is 0.316 e. The molecule has 3 aromatic rings. The van der Waals surface area contributed by atoms with Crippen LogP contribution >= 0.6 is 15.9 Å². The van der Waals surface area contributed by atoms with Crippen molar-refractivity contribution in [2.45, 2.75) is 18.9 Å². The number of hydrogen-bond donors (Lipinski definition) is 0. The molecule has 0 radical (unpaired) electrons. The number of hydrogen-bond acceptors (Lipinski definition) is 4. The molecular formula is C20H18BrN3O2. The summed E-state index contributed by atoms with van der Waals surface area (Å²) in [4.78, 5) is 23.3. The van der Waals surface area contributed by atoms with E-state index in [4.69, 9.17) is 4.74 Å². The van der Waals surface area contributed by atoms with Gasteiger partial charge in [-0.3, -0.25) is 4.79 Å². The van der Waals surface area contributed by atoms with Crippen LogP contribution in [-0.4, -0.2) is 40.0 Å². The fourth-order valence-electron chi connectivity index (χ4n) is 3.31. The van der Waals surface area contributed by atoms with Gasteiger partial charge in [-0.2, -0.15) is 0 Å². The summed E-state index contributed by atoms with van der Waals surface area (Å²) in [5, 5.41) is 2.06. The van der Waals surface area contributed by atoms with E-state index >= 15 is 0 Å². The fourth-order valence-corrected chi connectivity index (χ4v) is 3.52. The molecule has 1 aliphatic rings. The molecule has 6 heteroatoms. The summed E-state index contributed by atoms with van der Waals surface area (Å²) in [6, 6.07) is 14.2. The first-order chi connectivity index (χ1) is 12.7. The van der Waals surface area contributed by atoms with Crippen LogP contribution in [0, 0.1) is 0 Å². The van der Waals surface area contributed by atoms with Crippen molar-refractivity contribution in [3.63, 3.8) is 0 Å². The molecule has 1 atom stereocenters. The van der Waals surface area contributed by atoms with Crippen LogP contribution in [0.5, 0.6) is 6.01 Å². The summed E-state index contributed by atoms with van der Waals surface area (Å²) in [6.07, 6.45) is 5.01. The van der Waals surface area contributed by atoms with Crippen LogP contribution in [-0.2, 0) is 0 Å². The quantitative estimate of drug-likeness (QED) is 0.651. The highest BCUT2D eigenvalue weighted by Gasteiger charge is 2.27. The zero-order valence-electron chi connectivity index (χ0n) is 14.1. The van der Waals surface area contributed by atoms with Gasteiger partial charge in [0.1, 0.15) is 6.10 Å². The maximum absolute atomic E-state index is 13.1. The van der Waals surface area contributed by atoms with Crippen LogP contribution < -0.4 is 4.74 Å². The average molecular weight is 412 g/mol. The first-order valence-electron chi connectivity index (χ1n) is 8.62. The highest BCUT2D eigenvalue weighted by atomic mass is 79.9. The molecule has 0 aliphatic carbocycles. The Balaban J connectivity index is 1.51. The second-order valence-corrected chi connectivity index (χ2v) is 7.26. The SMILES string of the molecule is O=C(c1cccc2ccccc12)N1CCCC(Oc2ncc(Br)cn2)C1. The first kappa shape index (κ1) is 17.0. The molecule has 0 N–H and O–H groups in total. The number of rotatable bonds is 3. The minimum atomic E-state index is -0.0937. The summed E-state index contributed by atoms with van der Waals surface area (Å²) in [7, 11) is 0. The van der Waals surface area contributed by atoms with E-state index < -0.39 is 0 Å². The third-order valence-corrected chi connectivity index (χ3v) is 4.96. The Labute approximate surface area is 160 Å². The average Bonchev–Trinajstić information content (AvgIpc) is 2.69. The van der Waals surface area contributed by atoms with Crippen LogP contribution in [0.2, 0.25) is 0 Å². The second-order valence-electron chi connectivity index (χ2n) is 6.34. The molecule has 0 saturated carbocycles. The molecule has 2 heterocycles. The van der Waals surface area contributed by atoms with Crippen molar-refractivity contribution in [1.82, 2.24) is 14.9 Å². The predicted molar refractivity (Wildman–Crippen MR) is 103 cm³/mol. The van der Waals surface area contributed by atoms with Crippen molar-refractivity contribution in [2.75, 3.05) is 13.1 Å². The number of piperidine rings is 1. The van der Waals surface area contributed by atoms with Gasteiger partial charge in [0.25, 0.3) is 5.91 Å². The number of fused-ring (bicyclic) bond motifs is 1. The van der Waals surface area contributed by atoms with Crippen molar-refractivity contribution < 1.29 is 9.53 Å². The van der Waals surface area contributed by atoms with Crippen molar-refractivity contribution in [1.29, 1.82) is 0 Å². The predicted octanol–water partition coefficient (Wildman–Crippen LogP) is 4.08. The van der Waals surface area contributed by atoms with E-state index in [0.717, 1.165) is 40.2 Å². The summed E-state index contributed by atoms with van der Waals surface area (Å²) in [5.41, 5.74) is 0.739. The Morgan fingerprint density at radius 3 is 2.73 bits per heavy atom. The third-order valence-electron chi connectivity index (χ3n) is 4.55. The molecule has 4 rings (SSSR count). The lowest BCUT2D eigenvalue weighted by Gasteiger charge is -2.32. The molecule has 1 unspecified atom stereocenters. The van der Waals surface area contributed by atoms with Gasteiger partial charge in [-0.15, -0.1) is 0 Å². The van der Waals surface area contributed by atoms with Gasteiger partial charge in [0.15, 0.2) is 0 Å². The zero-order valence-corrected chi connectivity index (χ0v) is 15.7. The van der Waals surface area contributed by atoms with E-state index in [-0.39, 0.29) is 12.0 Å². The summed E-state index contributed by atoms with van der Waals surface area (Å²) >= 11 is 3.31. The molecule has 132 valence electrons. The van der Waals surface area contributed by atoms with Crippen LogP contribution in [0.3, 0.4) is 0 Å². The van der Waals surface area contributed by atoms with Gasteiger partial charge in [-0.05, 0) is 45.6 Å². The van der Waals surface area contributed by atoms with Gasteiger partial charge in [0.2, 0.25) is 0 Å². The molecule has 1 fully saturated rings. The largest absolute Gasteiger partial charge is 0.458 e.